The molecule has 0 spiro atoms. The minimum atomic E-state index is -4.39. The lowest BCUT2D eigenvalue weighted by Crippen LogP contribution is -2.17. The molecule has 5 nitrogen and oxygen atoms in total. The summed E-state index contributed by atoms with van der Waals surface area (Å²) < 4.78 is 47.4. The van der Waals surface area contributed by atoms with Crippen LogP contribution >= 0.6 is 0 Å². The fourth-order valence-corrected chi connectivity index (χ4v) is 1.65. The van der Waals surface area contributed by atoms with Crippen LogP contribution < -0.4 is 10.5 Å². The van der Waals surface area contributed by atoms with Crippen molar-refractivity contribution >= 4 is 17.0 Å². The van der Waals surface area contributed by atoms with Crippen LogP contribution in [0.4, 0.5) is 18.0 Å². The van der Waals surface area contributed by atoms with Gasteiger partial charge in [0.25, 0.3) is 0 Å². The van der Waals surface area contributed by atoms with Crippen molar-refractivity contribution in [2.75, 3.05) is 13.2 Å². The van der Waals surface area contributed by atoms with Crippen molar-refractivity contribution in [3.63, 3.8) is 0 Å². The van der Waals surface area contributed by atoms with E-state index < -0.39 is 17.8 Å². The van der Waals surface area contributed by atoms with Gasteiger partial charge in [0.2, 0.25) is 5.88 Å². The number of rotatable bonds is 4. The van der Waals surface area contributed by atoms with Crippen LogP contribution in [0.1, 0.15) is 5.56 Å². The van der Waals surface area contributed by atoms with E-state index in [1.54, 1.807) is 0 Å². The van der Waals surface area contributed by atoms with E-state index in [-0.39, 0.29) is 19.1 Å². The number of ether oxygens (including phenoxy) is 2. The molecule has 2 aromatic rings. The van der Waals surface area contributed by atoms with Crippen LogP contribution in [0.2, 0.25) is 0 Å². The molecule has 0 unspecified atom stereocenters. The summed E-state index contributed by atoms with van der Waals surface area (Å²) in [5.74, 6) is 0.218. The van der Waals surface area contributed by atoms with Gasteiger partial charge in [-0.2, -0.15) is 13.2 Å². The van der Waals surface area contributed by atoms with E-state index in [4.69, 9.17) is 10.5 Å². The van der Waals surface area contributed by atoms with Crippen LogP contribution in [0, 0.1) is 0 Å². The topological polar surface area (TPSA) is 74.4 Å². The Balaban J connectivity index is 2.10. The first kappa shape index (κ1) is 14.9. The van der Waals surface area contributed by atoms with E-state index in [1.165, 1.54) is 18.2 Å². The van der Waals surface area contributed by atoms with Gasteiger partial charge in [0.1, 0.15) is 13.2 Å². The average molecular weight is 300 g/mol. The summed E-state index contributed by atoms with van der Waals surface area (Å²) >= 11 is 0. The molecule has 1 aromatic carbocycles. The standard InChI is InChI=1S/C13H11F3N2O3/c14-13(15,16)9-2-3-10-8(7-9)1-4-11(18-10)20-5-6-21-12(17)19/h1-4,7H,5-6H2,(H2,17,19). The van der Waals surface area contributed by atoms with E-state index in [0.29, 0.717) is 10.9 Å². The van der Waals surface area contributed by atoms with Gasteiger partial charge >= 0.3 is 12.3 Å². The van der Waals surface area contributed by atoms with Gasteiger partial charge in [0.05, 0.1) is 11.1 Å². The number of nitrogens with two attached hydrogens (primary N) is 1. The number of pyridine rings is 1. The largest absolute Gasteiger partial charge is 0.474 e. The lowest BCUT2D eigenvalue weighted by atomic mass is 10.1. The van der Waals surface area contributed by atoms with Gasteiger partial charge in [-0.25, -0.2) is 9.78 Å². The van der Waals surface area contributed by atoms with Gasteiger partial charge in [0.15, 0.2) is 0 Å². The third kappa shape index (κ3) is 3.98. The lowest BCUT2D eigenvalue weighted by molar-refractivity contribution is -0.137. The Bertz CT molecular complexity index is 659. The normalized spacial score (nSPS) is 11.4. The molecule has 1 aromatic heterocycles. The van der Waals surface area contributed by atoms with Crippen LogP contribution in [-0.4, -0.2) is 24.3 Å². The zero-order valence-corrected chi connectivity index (χ0v) is 10.7. The Morgan fingerprint density at radius 1 is 1.19 bits per heavy atom. The molecule has 2 rings (SSSR count). The van der Waals surface area contributed by atoms with Crippen molar-refractivity contribution in [3.05, 3.63) is 35.9 Å². The fraction of sp³-hybridized carbons (Fsp3) is 0.231. The summed E-state index contributed by atoms with van der Waals surface area (Å²) in [5.41, 5.74) is 4.41. The van der Waals surface area contributed by atoms with E-state index >= 15 is 0 Å². The smallest absolute Gasteiger partial charge is 0.416 e. The second-order valence-corrected chi connectivity index (χ2v) is 4.07. The van der Waals surface area contributed by atoms with Crippen LogP contribution in [-0.2, 0) is 10.9 Å². The number of halogens is 3. The Morgan fingerprint density at radius 2 is 1.95 bits per heavy atom. The van der Waals surface area contributed by atoms with Crippen LogP contribution in [0.25, 0.3) is 10.9 Å². The van der Waals surface area contributed by atoms with E-state index in [0.717, 1.165) is 12.1 Å². The molecular formula is C13H11F3N2O3. The van der Waals surface area contributed by atoms with Crippen molar-refractivity contribution in [1.29, 1.82) is 0 Å². The summed E-state index contributed by atoms with van der Waals surface area (Å²) in [6, 6.07) is 6.15. The number of hydrogen-bond acceptors (Lipinski definition) is 4. The minimum Gasteiger partial charge on any atom is -0.474 e. The number of benzene rings is 1. The molecule has 1 amide bonds. The molecule has 0 aliphatic carbocycles. The zero-order chi connectivity index (χ0) is 15.5. The quantitative estimate of drug-likeness (QED) is 0.881. The monoisotopic (exact) mass is 300 g/mol. The number of primary amides is 1. The first-order chi connectivity index (χ1) is 9.86. The van der Waals surface area contributed by atoms with Gasteiger partial charge in [-0.05, 0) is 24.3 Å². The number of fused-ring (bicyclic) bond motifs is 1. The summed E-state index contributed by atoms with van der Waals surface area (Å²) in [6.07, 6.45) is -5.31. The Labute approximate surface area is 117 Å². The van der Waals surface area contributed by atoms with Gasteiger partial charge in [-0.1, -0.05) is 0 Å². The van der Waals surface area contributed by atoms with Crippen LogP contribution in [0.5, 0.6) is 5.88 Å². The predicted octanol–water partition coefficient (Wildman–Crippen LogP) is 2.73. The van der Waals surface area contributed by atoms with E-state index in [9.17, 15) is 18.0 Å². The number of carbonyl (C=O) groups is 1. The van der Waals surface area contributed by atoms with E-state index in [1.807, 2.05) is 0 Å². The van der Waals surface area contributed by atoms with E-state index in [2.05, 4.69) is 9.72 Å². The SMILES string of the molecule is NC(=O)OCCOc1ccc2cc(C(F)(F)F)ccc2n1. The highest BCUT2D eigenvalue weighted by Gasteiger charge is 2.30. The average Bonchev–Trinajstić information content (AvgIpc) is 2.41. The first-order valence-corrected chi connectivity index (χ1v) is 5.89. The predicted molar refractivity (Wildman–Crippen MR) is 67.8 cm³/mol. The van der Waals surface area contributed by atoms with Crippen molar-refractivity contribution in [2.45, 2.75) is 6.18 Å². The van der Waals surface area contributed by atoms with Gasteiger partial charge in [0, 0.05) is 11.5 Å². The molecule has 0 saturated heterocycles. The van der Waals surface area contributed by atoms with Crippen molar-refractivity contribution < 1.29 is 27.4 Å². The highest BCUT2D eigenvalue weighted by molar-refractivity contribution is 5.80. The van der Waals surface area contributed by atoms with Crippen molar-refractivity contribution in [1.82, 2.24) is 4.98 Å². The fourth-order valence-electron chi connectivity index (χ4n) is 1.65. The summed E-state index contributed by atoms with van der Waals surface area (Å²) in [7, 11) is 0. The molecule has 0 atom stereocenters. The minimum absolute atomic E-state index is 0.0396. The molecule has 0 aliphatic rings. The Morgan fingerprint density at radius 3 is 2.62 bits per heavy atom. The molecule has 1 heterocycles. The summed E-state index contributed by atoms with van der Waals surface area (Å²) in [4.78, 5) is 14.4. The first-order valence-electron chi connectivity index (χ1n) is 5.89. The number of nitrogens with zero attached hydrogens (tertiary/aromatic N) is 1. The number of amides is 1. The van der Waals surface area contributed by atoms with Gasteiger partial charge < -0.3 is 15.2 Å². The summed E-state index contributed by atoms with van der Waals surface area (Å²) in [6.45, 7) is 0.00411. The highest BCUT2D eigenvalue weighted by atomic mass is 19.4. The van der Waals surface area contributed by atoms with Crippen molar-refractivity contribution in [2.24, 2.45) is 5.73 Å². The number of aromatic nitrogens is 1. The maximum atomic E-state index is 12.6. The number of carbonyl (C=O) groups excluding carboxylic acids is 1. The number of alkyl halides is 3. The highest BCUT2D eigenvalue weighted by Crippen LogP contribution is 2.31. The second kappa shape index (κ2) is 5.86. The third-order valence-corrected chi connectivity index (χ3v) is 2.57. The Hall–Kier alpha value is -2.51. The number of hydrogen-bond donors (Lipinski definition) is 1. The molecule has 0 aliphatic heterocycles. The van der Waals surface area contributed by atoms with Crippen LogP contribution in [0.3, 0.4) is 0 Å². The van der Waals surface area contributed by atoms with Crippen molar-refractivity contribution in [3.8, 4) is 5.88 Å². The molecule has 0 saturated carbocycles. The molecule has 112 valence electrons. The maximum absolute atomic E-state index is 12.6. The lowest BCUT2D eigenvalue weighted by Gasteiger charge is -2.09. The molecule has 2 N–H and O–H groups in total. The third-order valence-electron chi connectivity index (χ3n) is 2.57. The van der Waals surface area contributed by atoms with Gasteiger partial charge in [-0.15, -0.1) is 0 Å². The molecular weight excluding hydrogens is 289 g/mol. The molecule has 0 fully saturated rings. The molecule has 0 radical (unpaired) electrons. The van der Waals surface area contributed by atoms with Crippen LogP contribution in [0.15, 0.2) is 30.3 Å². The second-order valence-electron chi connectivity index (χ2n) is 4.07. The summed E-state index contributed by atoms with van der Waals surface area (Å²) in [5, 5.41) is 0.352. The zero-order valence-electron chi connectivity index (χ0n) is 10.7. The van der Waals surface area contributed by atoms with Gasteiger partial charge in [-0.3, -0.25) is 0 Å². The molecule has 8 heteroatoms. The molecule has 21 heavy (non-hydrogen) atoms. The maximum Gasteiger partial charge on any atom is 0.416 e. The Kier molecular flexibility index (Phi) is 4.15. The molecule has 0 bridgehead atoms.